The molecule has 1 aliphatic rings. The van der Waals surface area contributed by atoms with Crippen LogP contribution in [-0.2, 0) is 9.59 Å². The van der Waals surface area contributed by atoms with E-state index in [0.29, 0.717) is 25.9 Å². The summed E-state index contributed by atoms with van der Waals surface area (Å²) in [5.74, 6) is -1.24. The number of aliphatic carboxylic acids is 1. The first-order valence-corrected chi connectivity index (χ1v) is 6.07. The fourth-order valence-electron chi connectivity index (χ4n) is 2.30. The monoisotopic (exact) mass is 239 g/mol. The molecule has 0 saturated carbocycles. The van der Waals surface area contributed by atoms with Crippen LogP contribution in [0, 0.1) is 11.8 Å². The number of likely N-dealkylation sites (tertiary alicyclic amines) is 1. The molecule has 0 aromatic carbocycles. The summed E-state index contributed by atoms with van der Waals surface area (Å²) in [5.41, 5.74) is 0.984. The fraction of sp³-hybridized carbons (Fsp3) is 0.692. The Morgan fingerprint density at radius 3 is 2.71 bits per heavy atom. The normalized spacial score (nSPS) is 22.0. The second-order valence-electron chi connectivity index (χ2n) is 5.02. The number of nitrogens with zero attached hydrogens (tertiary/aromatic N) is 1. The summed E-state index contributed by atoms with van der Waals surface area (Å²) in [5, 5.41) is 8.97. The Labute approximate surface area is 102 Å². The van der Waals surface area contributed by atoms with E-state index in [2.05, 4.69) is 6.58 Å². The van der Waals surface area contributed by atoms with Gasteiger partial charge < -0.3 is 10.0 Å². The average Bonchev–Trinajstić information content (AvgIpc) is 2.27. The largest absolute Gasteiger partial charge is 0.481 e. The molecule has 0 spiro atoms. The second-order valence-corrected chi connectivity index (χ2v) is 5.02. The molecule has 17 heavy (non-hydrogen) atoms. The summed E-state index contributed by atoms with van der Waals surface area (Å²) in [6.45, 7) is 8.62. The molecule has 4 heteroatoms. The maximum atomic E-state index is 12.1. The van der Waals surface area contributed by atoms with Crippen molar-refractivity contribution < 1.29 is 14.7 Å². The molecule has 0 radical (unpaired) electrons. The molecule has 1 rings (SSSR count). The van der Waals surface area contributed by atoms with Crippen molar-refractivity contribution in [1.29, 1.82) is 0 Å². The second kappa shape index (κ2) is 5.84. The Morgan fingerprint density at radius 2 is 2.18 bits per heavy atom. The van der Waals surface area contributed by atoms with Gasteiger partial charge in [-0.3, -0.25) is 9.59 Å². The number of amides is 1. The molecule has 96 valence electrons. The summed E-state index contributed by atoms with van der Waals surface area (Å²) in [6, 6.07) is 0. The molecule has 1 heterocycles. The average molecular weight is 239 g/mol. The number of carboxylic acid groups (broad SMARTS) is 1. The van der Waals surface area contributed by atoms with Crippen LogP contribution in [-0.4, -0.2) is 35.0 Å². The molecule has 0 aromatic rings. The number of hydrogen-bond donors (Lipinski definition) is 1. The highest BCUT2D eigenvalue weighted by atomic mass is 16.4. The van der Waals surface area contributed by atoms with E-state index in [1.807, 2.05) is 13.8 Å². The highest BCUT2D eigenvalue weighted by Gasteiger charge is 2.29. The zero-order chi connectivity index (χ0) is 13.0. The first-order valence-electron chi connectivity index (χ1n) is 6.07. The highest BCUT2D eigenvalue weighted by Crippen LogP contribution is 2.20. The summed E-state index contributed by atoms with van der Waals surface area (Å²) in [4.78, 5) is 24.7. The van der Waals surface area contributed by atoms with Gasteiger partial charge in [-0.05, 0) is 26.2 Å². The molecule has 0 bridgehead atoms. The third-order valence-electron chi connectivity index (χ3n) is 3.16. The third kappa shape index (κ3) is 3.88. The molecule has 2 atom stereocenters. The predicted molar refractivity (Wildman–Crippen MR) is 65.5 cm³/mol. The van der Waals surface area contributed by atoms with Gasteiger partial charge in [0.25, 0.3) is 0 Å². The van der Waals surface area contributed by atoms with Gasteiger partial charge in [-0.2, -0.15) is 0 Å². The molecule has 1 saturated heterocycles. The van der Waals surface area contributed by atoms with Gasteiger partial charge in [0.1, 0.15) is 0 Å². The quantitative estimate of drug-likeness (QED) is 0.762. The van der Waals surface area contributed by atoms with E-state index in [1.54, 1.807) is 4.90 Å². The topological polar surface area (TPSA) is 57.6 Å². The predicted octanol–water partition coefficient (Wildman–Crippen LogP) is 1.91. The number of hydrogen-bond acceptors (Lipinski definition) is 2. The number of piperidine rings is 1. The minimum absolute atomic E-state index is 0.0546. The molecule has 1 N–H and O–H groups in total. The number of carboxylic acids is 1. The van der Waals surface area contributed by atoms with Crippen LogP contribution in [0.3, 0.4) is 0 Å². The summed E-state index contributed by atoms with van der Waals surface area (Å²) >= 11 is 0. The van der Waals surface area contributed by atoms with Crippen LogP contribution in [0.2, 0.25) is 0 Å². The van der Waals surface area contributed by atoms with E-state index in [9.17, 15) is 9.59 Å². The molecule has 1 aliphatic heterocycles. The van der Waals surface area contributed by atoms with Crippen LogP contribution in [0.4, 0.5) is 0 Å². The van der Waals surface area contributed by atoms with Gasteiger partial charge in [-0.25, -0.2) is 0 Å². The number of allylic oxidation sites excluding steroid dienone is 1. The lowest BCUT2D eigenvalue weighted by Gasteiger charge is -2.32. The van der Waals surface area contributed by atoms with E-state index in [1.165, 1.54) is 0 Å². The Balaban J connectivity index is 2.57. The summed E-state index contributed by atoms with van der Waals surface area (Å²) in [6.07, 6.45) is 2.13. The van der Waals surface area contributed by atoms with Crippen molar-refractivity contribution in [3.8, 4) is 0 Å². The maximum Gasteiger partial charge on any atom is 0.308 e. The van der Waals surface area contributed by atoms with Crippen molar-refractivity contribution in [1.82, 2.24) is 4.90 Å². The fourth-order valence-corrected chi connectivity index (χ4v) is 2.30. The highest BCUT2D eigenvalue weighted by molar-refractivity contribution is 5.80. The van der Waals surface area contributed by atoms with Crippen molar-refractivity contribution in [3.05, 3.63) is 12.2 Å². The van der Waals surface area contributed by atoms with Gasteiger partial charge in [0.15, 0.2) is 0 Å². The van der Waals surface area contributed by atoms with Crippen LogP contribution >= 0.6 is 0 Å². The van der Waals surface area contributed by atoms with E-state index >= 15 is 0 Å². The van der Waals surface area contributed by atoms with Crippen molar-refractivity contribution in [2.45, 2.75) is 33.1 Å². The zero-order valence-corrected chi connectivity index (χ0v) is 10.6. The van der Waals surface area contributed by atoms with E-state index in [-0.39, 0.29) is 11.8 Å². The van der Waals surface area contributed by atoms with Crippen LogP contribution in [0.25, 0.3) is 0 Å². The number of rotatable bonds is 4. The van der Waals surface area contributed by atoms with Gasteiger partial charge in [-0.15, -0.1) is 6.58 Å². The van der Waals surface area contributed by atoms with E-state index in [4.69, 9.17) is 5.11 Å². The van der Waals surface area contributed by atoms with Gasteiger partial charge in [0.2, 0.25) is 5.91 Å². The molecular formula is C13H21NO3. The first kappa shape index (κ1) is 13.7. The van der Waals surface area contributed by atoms with Crippen LogP contribution in [0.1, 0.15) is 33.1 Å². The molecule has 1 amide bonds. The Morgan fingerprint density at radius 1 is 1.53 bits per heavy atom. The van der Waals surface area contributed by atoms with Gasteiger partial charge in [0.05, 0.1) is 5.92 Å². The van der Waals surface area contributed by atoms with Crippen molar-refractivity contribution in [2.75, 3.05) is 13.1 Å². The van der Waals surface area contributed by atoms with E-state index in [0.717, 1.165) is 12.0 Å². The summed E-state index contributed by atoms with van der Waals surface area (Å²) in [7, 11) is 0. The lowest BCUT2D eigenvalue weighted by Crippen LogP contribution is -2.44. The van der Waals surface area contributed by atoms with E-state index < -0.39 is 11.9 Å². The summed E-state index contributed by atoms with van der Waals surface area (Å²) < 4.78 is 0. The lowest BCUT2D eigenvalue weighted by molar-refractivity contribution is -0.146. The minimum atomic E-state index is -0.796. The van der Waals surface area contributed by atoms with Crippen LogP contribution < -0.4 is 0 Å². The maximum absolute atomic E-state index is 12.1. The van der Waals surface area contributed by atoms with Crippen LogP contribution in [0.5, 0.6) is 0 Å². The van der Waals surface area contributed by atoms with Gasteiger partial charge >= 0.3 is 5.97 Å². The van der Waals surface area contributed by atoms with Crippen molar-refractivity contribution >= 4 is 11.9 Å². The Bertz CT molecular complexity index is 325. The van der Waals surface area contributed by atoms with Crippen molar-refractivity contribution in [2.24, 2.45) is 11.8 Å². The SMILES string of the molecule is C=C(C)CC(C)C(=O)N1CCC[C@H](C(=O)O)C1. The molecule has 0 aromatic heterocycles. The van der Waals surface area contributed by atoms with Gasteiger partial charge in [-0.1, -0.05) is 12.5 Å². The number of carbonyl (C=O) groups is 2. The van der Waals surface area contributed by atoms with Gasteiger partial charge in [0, 0.05) is 19.0 Å². The minimum Gasteiger partial charge on any atom is -0.481 e. The lowest BCUT2D eigenvalue weighted by atomic mass is 9.95. The Hall–Kier alpha value is -1.32. The smallest absolute Gasteiger partial charge is 0.308 e. The zero-order valence-electron chi connectivity index (χ0n) is 10.6. The molecule has 4 nitrogen and oxygen atoms in total. The molecule has 1 unspecified atom stereocenters. The molecule has 0 aliphatic carbocycles. The first-order chi connectivity index (χ1) is 7.91. The molecule has 1 fully saturated rings. The number of carbonyl (C=O) groups excluding carboxylic acids is 1. The van der Waals surface area contributed by atoms with Crippen LogP contribution in [0.15, 0.2) is 12.2 Å². The third-order valence-corrected chi connectivity index (χ3v) is 3.16. The Kier molecular flexibility index (Phi) is 4.73. The standard InChI is InChI=1S/C13H21NO3/c1-9(2)7-10(3)12(15)14-6-4-5-11(8-14)13(16)17/h10-11H,1,4-8H2,2-3H3,(H,16,17)/t10?,11-/m0/s1. The molecular weight excluding hydrogens is 218 g/mol. The van der Waals surface area contributed by atoms with Crippen molar-refractivity contribution in [3.63, 3.8) is 0 Å².